The molecule has 0 saturated heterocycles. The Labute approximate surface area is 86.3 Å². The number of nitrogens with two attached hydrogens (primary N) is 1. The zero-order valence-electron chi connectivity index (χ0n) is 9.25. The third-order valence-corrected chi connectivity index (χ3v) is 3.57. The fraction of sp³-hybridized carbons (Fsp3) is 0.538. The van der Waals surface area contributed by atoms with Gasteiger partial charge >= 0.3 is 0 Å². The molecule has 1 heteroatoms. The van der Waals surface area contributed by atoms with Crippen molar-refractivity contribution in [2.45, 2.75) is 33.2 Å². The van der Waals surface area contributed by atoms with Crippen LogP contribution in [0.2, 0.25) is 0 Å². The molecule has 0 radical (unpaired) electrons. The van der Waals surface area contributed by atoms with Crippen LogP contribution in [0.4, 0.5) is 0 Å². The van der Waals surface area contributed by atoms with Crippen molar-refractivity contribution in [3.63, 3.8) is 0 Å². The Morgan fingerprint density at radius 3 is 2.43 bits per heavy atom. The van der Waals surface area contributed by atoms with Gasteiger partial charge in [-0.15, -0.1) is 0 Å². The third-order valence-electron chi connectivity index (χ3n) is 3.57. The largest absolute Gasteiger partial charge is 0.324 e. The minimum atomic E-state index is 0.228. The van der Waals surface area contributed by atoms with E-state index >= 15 is 0 Å². The summed E-state index contributed by atoms with van der Waals surface area (Å²) < 4.78 is 0. The molecule has 76 valence electrons. The van der Waals surface area contributed by atoms with Crippen molar-refractivity contribution in [2.75, 3.05) is 0 Å². The minimum Gasteiger partial charge on any atom is -0.324 e. The van der Waals surface area contributed by atoms with E-state index in [4.69, 9.17) is 5.73 Å². The lowest BCUT2D eigenvalue weighted by molar-refractivity contribution is 0.490. The summed E-state index contributed by atoms with van der Waals surface area (Å²) in [6.07, 6.45) is 1.27. The van der Waals surface area contributed by atoms with E-state index < -0.39 is 0 Å². The van der Waals surface area contributed by atoms with Crippen LogP contribution >= 0.6 is 0 Å². The molecule has 2 atom stereocenters. The molecule has 1 fully saturated rings. The summed E-state index contributed by atoms with van der Waals surface area (Å²) in [5, 5.41) is 0. The van der Waals surface area contributed by atoms with Crippen LogP contribution in [0.15, 0.2) is 24.3 Å². The number of hydrogen-bond acceptors (Lipinski definition) is 1. The minimum absolute atomic E-state index is 0.228. The highest BCUT2D eigenvalue weighted by Crippen LogP contribution is 2.57. The summed E-state index contributed by atoms with van der Waals surface area (Å²) in [5.41, 5.74) is 9.38. The number of rotatable bonds is 2. The Morgan fingerprint density at radius 1 is 1.36 bits per heavy atom. The molecule has 0 aliphatic heterocycles. The number of benzene rings is 1. The first-order valence-electron chi connectivity index (χ1n) is 5.33. The second-order valence-corrected chi connectivity index (χ2v) is 5.18. The molecular formula is C13H19N. The van der Waals surface area contributed by atoms with Crippen molar-refractivity contribution in [3.8, 4) is 0 Å². The zero-order chi connectivity index (χ0) is 10.3. The fourth-order valence-corrected chi connectivity index (χ4v) is 2.30. The van der Waals surface area contributed by atoms with Crippen molar-refractivity contribution < 1.29 is 0 Å². The second kappa shape index (κ2) is 3.09. The highest BCUT2D eigenvalue weighted by atomic mass is 14.7. The predicted octanol–water partition coefficient (Wildman–Crippen LogP) is 3.04. The summed E-state index contributed by atoms with van der Waals surface area (Å²) in [7, 11) is 0. The van der Waals surface area contributed by atoms with Gasteiger partial charge in [-0.25, -0.2) is 0 Å². The van der Waals surface area contributed by atoms with Crippen LogP contribution in [0.25, 0.3) is 0 Å². The molecule has 0 spiro atoms. The lowest BCUT2D eigenvalue weighted by atomic mass is 9.95. The van der Waals surface area contributed by atoms with Gasteiger partial charge < -0.3 is 5.73 Å². The van der Waals surface area contributed by atoms with Crippen LogP contribution in [0.1, 0.15) is 37.4 Å². The van der Waals surface area contributed by atoms with Gasteiger partial charge in [-0.05, 0) is 35.8 Å². The molecule has 0 bridgehead atoms. The average Bonchev–Trinajstić information content (AvgIpc) is 2.75. The zero-order valence-corrected chi connectivity index (χ0v) is 9.25. The highest BCUT2D eigenvalue weighted by Gasteiger charge is 2.49. The molecule has 0 amide bonds. The lowest BCUT2D eigenvalue weighted by Gasteiger charge is -2.16. The Morgan fingerprint density at radius 2 is 1.93 bits per heavy atom. The first-order valence-corrected chi connectivity index (χ1v) is 5.33. The molecule has 1 saturated carbocycles. The molecule has 1 aromatic carbocycles. The van der Waals surface area contributed by atoms with Crippen LogP contribution in [0.5, 0.6) is 0 Å². The van der Waals surface area contributed by atoms with Crippen molar-refractivity contribution in [2.24, 2.45) is 17.1 Å². The Hall–Kier alpha value is -0.820. The number of aryl methyl sites for hydroxylation is 1. The first kappa shape index (κ1) is 9.72. The van der Waals surface area contributed by atoms with Gasteiger partial charge in [0, 0.05) is 6.04 Å². The van der Waals surface area contributed by atoms with Crippen LogP contribution < -0.4 is 5.73 Å². The molecule has 1 aromatic rings. The van der Waals surface area contributed by atoms with E-state index in [-0.39, 0.29) is 6.04 Å². The summed E-state index contributed by atoms with van der Waals surface area (Å²) in [6, 6.07) is 8.69. The predicted molar refractivity (Wildman–Crippen MR) is 60.0 cm³/mol. The SMILES string of the molecule is Cc1ccccc1C(N)C1CC1(C)C. The summed E-state index contributed by atoms with van der Waals surface area (Å²) in [6.45, 7) is 6.75. The number of hydrogen-bond donors (Lipinski definition) is 1. The molecule has 2 rings (SSSR count). The molecule has 0 aromatic heterocycles. The molecule has 2 unspecified atom stereocenters. The standard InChI is InChI=1S/C13H19N/c1-9-6-4-5-7-10(9)12(14)11-8-13(11,2)3/h4-7,11-12H,8,14H2,1-3H3. The second-order valence-electron chi connectivity index (χ2n) is 5.18. The van der Waals surface area contributed by atoms with Gasteiger partial charge in [-0.1, -0.05) is 38.1 Å². The van der Waals surface area contributed by atoms with E-state index in [1.807, 2.05) is 0 Å². The van der Waals surface area contributed by atoms with Crippen molar-refractivity contribution in [3.05, 3.63) is 35.4 Å². The van der Waals surface area contributed by atoms with E-state index in [9.17, 15) is 0 Å². The van der Waals surface area contributed by atoms with Crippen LogP contribution in [-0.4, -0.2) is 0 Å². The summed E-state index contributed by atoms with van der Waals surface area (Å²) >= 11 is 0. The molecule has 1 aliphatic carbocycles. The van der Waals surface area contributed by atoms with Gasteiger partial charge in [0.1, 0.15) is 0 Å². The van der Waals surface area contributed by atoms with Crippen LogP contribution in [0.3, 0.4) is 0 Å². The molecular weight excluding hydrogens is 170 g/mol. The average molecular weight is 189 g/mol. The lowest BCUT2D eigenvalue weighted by Crippen LogP contribution is -2.16. The van der Waals surface area contributed by atoms with Crippen LogP contribution in [-0.2, 0) is 0 Å². The molecule has 1 nitrogen and oxygen atoms in total. The van der Waals surface area contributed by atoms with Gasteiger partial charge in [0.2, 0.25) is 0 Å². The van der Waals surface area contributed by atoms with E-state index in [0.29, 0.717) is 11.3 Å². The van der Waals surface area contributed by atoms with E-state index in [2.05, 4.69) is 45.0 Å². The van der Waals surface area contributed by atoms with Gasteiger partial charge in [-0.3, -0.25) is 0 Å². The topological polar surface area (TPSA) is 26.0 Å². The Balaban J connectivity index is 2.21. The maximum atomic E-state index is 6.28. The quantitative estimate of drug-likeness (QED) is 0.760. The van der Waals surface area contributed by atoms with Gasteiger partial charge in [-0.2, -0.15) is 0 Å². The van der Waals surface area contributed by atoms with Crippen molar-refractivity contribution >= 4 is 0 Å². The van der Waals surface area contributed by atoms with E-state index in [1.54, 1.807) is 0 Å². The van der Waals surface area contributed by atoms with Gasteiger partial charge in [0.05, 0.1) is 0 Å². The van der Waals surface area contributed by atoms with Gasteiger partial charge in [0.25, 0.3) is 0 Å². The van der Waals surface area contributed by atoms with Gasteiger partial charge in [0.15, 0.2) is 0 Å². The first-order chi connectivity index (χ1) is 6.52. The normalized spacial score (nSPS) is 25.9. The Bertz CT molecular complexity index is 341. The van der Waals surface area contributed by atoms with Crippen molar-refractivity contribution in [1.82, 2.24) is 0 Å². The summed E-state index contributed by atoms with van der Waals surface area (Å²) in [4.78, 5) is 0. The Kier molecular flexibility index (Phi) is 2.15. The van der Waals surface area contributed by atoms with Crippen LogP contribution in [0, 0.1) is 18.3 Å². The monoisotopic (exact) mass is 189 g/mol. The van der Waals surface area contributed by atoms with E-state index in [0.717, 1.165) is 0 Å². The molecule has 1 aliphatic rings. The fourth-order valence-electron chi connectivity index (χ4n) is 2.30. The third kappa shape index (κ3) is 1.57. The highest BCUT2D eigenvalue weighted by molar-refractivity contribution is 5.30. The van der Waals surface area contributed by atoms with Crippen molar-refractivity contribution in [1.29, 1.82) is 0 Å². The van der Waals surface area contributed by atoms with E-state index in [1.165, 1.54) is 17.5 Å². The maximum absolute atomic E-state index is 6.28. The molecule has 2 N–H and O–H groups in total. The molecule has 14 heavy (non-hydrogen) atoms. The summed E-state index contributed by atoms with van der Waals surface area (Å²) in [5.74, 6) is 0.670. The smallest absolute Gasteiger partial charge is 0.0331 e. The maximum Gasteiger partial charge on any atom is 0.0331 e. The molecule has 0 heterocycles.